The first-order chi connectivity index (χ1) is 19.6. The summed E-state index contributed by atoms with van der Waals surface area (Å²) < 4.78 is 37.4. The monoisotopic (exact) mass is 583 g/mol. The van der Waals surface area contributed by atoms with Crippen molar-refractivity contribution in [2.75, 3.05) is 18.1 Å². The molecule has 0 aromatic carbocycles. The van der Waals surface area contributed by atoms with Crippen molar-refractivity contribution >= 4 is 21.7 Å². The molecule has 222 valence electrons. The summed E-state index contributed by atoms with van der Waals surface area (Å²) in [7, 11) is -4.17. The predicted octanol–water partition coefficient (Wildman–Crippen LogP) is 4.58. The first-order valence-corrected chi connectivity index (χ1v) is 16.1. The molecule has 1 saturated heterocycles. The highest BCUT2D eigenvalue weighted by atomic mass is 32.2. The Bertz CT molecular complexity index is 1470. The maximum absolute atomic E-state index is 13.5. The molecule has 1 N–H and O–H groups in total. The molecule has 0 spiro atoms. The molecule has 0 radical (unpaired) electrons. The summed E-state index contributed by atoms with van der Waals surface area (Å²) >= 11 is 0. The number of aromatic nitrogens is 5. The van der Waals surface area contributed by atoms with Gasteiger partial charge in [0, 0.05) is 37.1 Å². The van der Waals surface area contributed by atoms with Gasteiger partial charge in [-0.05, 0) is 63.1 Å². The van der Waals surface area contributed by atoms with Crippen molar-refractivity contribution in [2.45, 2.75) is 89.8 Å². The van der Waals surface area contributed by atoms with E-state index in [2.05, 4.69) is 40.6 Å². The lowest BCUT2D eigenvalue weighted by Crippen LogP contribution is -2.41. The van der Waals surface area contributed by atoms with Crippen LogP contribution in [0.5, 0.6) is 5.88 Å². The number of rotatable bonds is 11. The van der Waals surface area contributed by atoms with E-state index < -0.39 is 15.9 Å². The summed E-state index contributed by atoms with van der Waals surface area (Å²) in [6.45, 7) is 10.2. The molecular formula is C29H41N7O4S. The zero-order valence-corrected chi connectivity index (χ0v) is 25.2. The number of hydrogen-bond donors (Lipinski definition) is 1. The van der Waals surface area contributed by atoms with Crippen LogP contribution in [0.4, 0.5) is 5.82 Å². The van der Waals surface area contributed by atoms with E-state index in [1.807, 2.05) is 13.0 Å². The van der Waals surface area contributed by atoms with Crippen molar-refractivity contribution in [3.63, 3.8) is 0 Å². The van der Waals surface area contributed by atoms with E-state index in [9.17, 15) is 13.2 Å². The van der Waals surface area contributed by atoms with Crippen LogP contribution in [0.15, 0.2) is 41.7 Å². The first kappa shape index (κ1) is 29.1. The van der Waals surface area contributed by atoms with Crippen LogP contribution in [0, 0.1) is 11.8 Å². The summed E-state index contributed by atoms with van der Waals surface area (Å²) in [6.07, 6.45) is 11.3. The lowest BCUT2D eigenvalue weighted by Gasteiger charge is -2.34. The van der Waals surface area contributed by atoms with Gasteiger partial charge in [0.05, 0.1) is 12.2 Å². The quantitative estimate of drug-likeness (QED) is 0.348. The van der Waals surface area contributed by atoms with Gasteiger partial charge in [-0.15, -0.1) is 5.10 Å². The van der Waals surface area contributed by atoms with Gasteiger partial charge in [0.15, 0.2) is 10.8 Å². The number of aryl methyl sites for hydroxylation is 1. The fourth-order valence-corrected chi connectivity index (χ4v) is 7.03. The Morgan fingerprint density at radius 3 is 2.61 bits per heavy atom. The Morgan fingerprint density at radius 1 is 1.12 bits per heavy atom. The highest BCUT2D eigenvalue weighted by Gasteiger charge is 2.39. The van der Waals surface area contributed by atoms with E-state index in [1.54, 1.807) is 33.9 Å². The van der Waals surface area contributed by atoms with Crippen LogP contribution in [-0.4, -0.2) is 57.6 Å². The number of anilines is 1. The molecule has 1 atom stereocenters. The second-order valence-electron chi connectivity index (χ2n) is 12.0. The number of amides is 1. The van der Waals surface area contributed by atoms with Crippen LogP contribution in [0.1, 0.15) is 83.0 Å². The number of nitrogens with zero attached hydrogens (tertiary/aromatic N) is 6. The number of pyridine rings is 1. The highest BCUT2D eigenvalue weighted by Crippen LogP contribution is 2.38. The van der Waals surface area contributed by atoms with Crippen LogP contribution in [0.3, 0.4) is 0 Å². The normalized spacial score (nSPS) is 19.1. The fraction of sp³-hybridized carbons (Fsp3) is 0.586. The standard InChI is InChI=1S/C29H41N7O4S/c1-5-15-34-16-13-26(32-34)41(38,39)33-28(37)23-10-11-24(30-27(23)35-20-21(2)19-29(35,3)4)36-17-12-25(31-36)40-18-14-22-8-6-7-9-22/h10-13,16-17,21-22H,5-9,14-15,18-20H2,1-4H3,(H,33,37)/t21-/m1/s1. The Balaban J connectivity index is 1.40. The molecule has 0 bridgehead atoms. The SMILES string of the molecule is CCCn1ccc(S(=O)(=O)NC(=O)c2ccc(-n3ccc(OCCC4CCCC4)n3)nc2N2C[C@H](C)CC2(C)C)n1. The minimum Gasteiger partial charge on any atom is -0.477 e. The molecule has 11 nitrogen and oxygen atoms in total. The van der Waals surface area contributed by atoms with Crippen molar-refractivity contribution in [3.05, 3.63) is 42.2 Å². The van der Waals surface area contributed by atoms with Crippen LogP contribution < -0.4 is 14.4 Å². The molecule has 1 aliphatic heterocycles. The summed E-state index contributed by atoms with van der Waals surface area (Å²) in [5.41, 5.74) is -0.107. The number of carbonyl (C=O) groups is 1. The van der Waals surface area contributed by atoms with E-state index >= 15 is 0 Å². The zero-order chi connectivity index (χ0) is 29.2. The molecule has 2 fully saturated rings. The molecule has 1 saturated carbocycles. The van der Waals surface area contributed by atoms with Gasteiger partial charge in [0.1, 0.15) is 5.82 Å². The molecule has 5 rings (SSSR count). The Morgan fingerprint density at radius 2 is 1.90 bits per heavy atom. The maximum Gasteiger partial charge on any atom is 0.283 e. The third-order valence-corrected chi connectivity index (χ3v) is 9.28. The van der Waals surface area contributed by atoms with Gasteiger partial charge in [-0.25, -0.2) is 14.4 Å². The van der Waals surface area contributed by atoms with E-state index in [0.717, 1.165) is 25.2 Å². The highest BCUT2D eigenvalue weighted by molar-refractivity contribution is 7.90. The van der Waals surface area contributed by atoms with Gasteiger partial charge in [-0.3, -0.25) is 9.48 Å². The topological polar surface area (TPSA) is 124 Å². The Hall–Kier alpha value is -3.41. The predicted molar refractivity (Wildman–Crippen MR) is 156 cm³/mol. The fourth-order valence-electron chi connectivity index (χ4n) is 6.12. The van der Waals surface area contributed by atoms with Crippen LogP contribution in [0.2, 0.25) is 0 Å². The van der Waals surface area contributed by atoms with Crippen molar-refractivity contribution in [1.82, 2.24) is 29.3 Å². The van der Waals surface area contributed by atoms with E-state index in [4.69, 9.17) is 9.72 Å². The summed E-state index contributed by atoms with van der Waals surface area (Å²) in [5, 5.41) is 8.48. The smallest absolute Gasteiger partial charge is 0.283 e. The molecule has 3 aromatic rings. The van der Waals surface area contributed by atoms with E-state index in [1.165, 1.54) is 31.7 Å². The maximum atomic E-state index is 13.5. The second-order valence-corrected chi connectivity index (χ2v) is 13.6. The van der Waals surface area contributed by atoms with Crippen LogP contribution in [-0.2, 0) is 16.6 Å². The van der Waals surface area contributed by atoms with Crippen molar-refractivity contribution in [1.29, 1.82) is 0 Å². The number of carbonyl (C=O) groups excluding carboxylic acids is 1. The van der Waals surface area contributed by atoms with Gasteiger partial charge in [-0.2, -0.15) is 13.5 Å². The average Bonchev–Trinajstić information content (AvgIpc) is 3.72. The van der Waals surface area contributed by atoms with E-state index in [-0.39, 0.29) is 16.1 Å². The van der Waals surface area contributed by atoms with Crippen molar-refractivity contribution in [3.8, 4) is 11.7 Å². The number of ether oxygens (including phenoxy) is 1. The lowest BCUT2D eigenvalue weighted by atomic mass is 9.97. The summed E-state index contributed by atoms with van der Waals surface area (Å²) in [6, 6.07) is 6.48. The van der Waals surface area contributed by atoms with Gasteiger partial charge in [0.2, 0.25) is 5.88 Å². The van der Waals surface area contributed by atoms with Gasteiger partial charge in [0.25, 0.3) is 15.9 Å². The second kappa shape index (κ2) is 11.8. The first-order valence-electron chi connectivity index (χ1n) is 14.6. The molecule has 0 unspecified atom stereocenters. The van der Waals surface area contributed by atoms with Crippen molar-refractivity contribution in [2.24, 2.45) is 11.8 Å². The summed E-state index contributed by atoms with van der Waals surface area (Å²) in [4.78, 5) is 20.4. The molecular weight excluding hydrogens is 542 g/mol. The molecule has 3 aromatic heterocycles. The molecule has 1 aliphatic carbocycles. The molecule has 41 heavy (non-hydrogen) atoms. The Labute approximate surface area is 242 Å². The van der Waals surface area contributed by atoms with Gasteiger partial charge < -0.3 is 9.64 Å². The lowest BCUT2D eigenvalue weighted by molar-refractivity contribution is 0.0981. The molecule has 1 amide bonds. The molecule has 2 aliphatic rings. The number of hydrogen-bond acceptors (Lipinski definition) is 8. The molecule has 4 heterocycles. The van der Waals surface area contributed by atoms with Gasteiger partial charge in [-0.1, -0.05) is 39.5 Å². The third kappa shape index (κ3) is 6.58. The number of sulfonamides is 1. The average molecular weight is 584 g/mol. The van der Waals surface area contributed by atoms with Gasteiger partial charge >= 0.3 is 0 Å². The number of nitrogens with one attached hydrogen (secondary N) is 1. The summed E-state index contributed by atoms with van der Waals surface area (Å²) in [5.74, 6) is 1.82. The molecule has 12 heteroatoms. The minimum absolute atomic E-state index is 0.174. The Kier molecular flexibility index (Phi) is 8.40. The van der Waals surface area contributed by atoms with Crippen LogP contribution >= 0.6 is 0 Å². The minimum atomic E-state index is -4.17. The largest absolute Gasteiger partial charge is 0.477 e. The zero-order valence-electron chi connectivity index (χ0n) is 24.4. The van der Waals surface area contributed by atoms with Crippen LogP contribution in [0.25, 0.3) is 5.82 Å². The van der Waals surface area contributed by atoms with Crippen molar-refractivity contribution < 1.29 is 17.9 Å². The third-order valence-electron chi connectivity index (χ3n) is 8.06. The van der Waals surface area contributed by atoms with E-state index in [0.29, 0.717) is 43.1 Å².